The Hall–Kier alpha value is -1.20. The van der Waals surface area contributed by atoms with Gasteiger partial charge < -0.3 is 0 Å². The molecule has 1 atom stereocenters. The van der Waals surface area contributed by atoms with E-state index < -0.39 is 16.1 Å². The average molecular weight is 225 g/mol. The number of carbonyl (C=O) groups is 1. The number of nitrogens with one attached hydrogen (secondary N) is 1. The van der Waals surface area contributed by atoms with Crippen LogP contribution in [0.25, 0.3) is 0 Å². The molecule has 15 heavy (non-hydrogen) atoms. The number of hydrogen-bond donors (Lipinski definition) is 1. The molecule has 5 heteroatoms. The van der Waals surface area contributed by atoms with E-state index in [9.17, 15) is 13.2 Å². The van der Waals surface area contributed by atoms with Gasteiger partial charge in [0, 0.05) is 5.56 Å². The number of hydrogen-bond acceptors (Lipinski definition) is 3. The van der Waals surface area contributed by atoms with Crippen molar-refractivity contribution in [2.24, 2.45) is 0 Å². The van der Waals surface area contributed by atoms with Gasteiger partial charge in [0.15, 0.2) is 5.78 Å². The average Bonchev–Trinajstić information content (AvgIpc) is 2.42. The highest BCUT2D eigenvalue weighted by atomic mass is 32.2. The van der Waals surface area contributed by atoms with Gasteiger partial charge in [-0.3, -0.25) is 4.79 Å². The van der Waals surface area contributed by atoms with Crippen LogP contribution in [0.2, 0.25) is 0 Å². The molecule has 0 saturated heterocycles. The molecule has 2 rings (SSSR count). The molecule has 1 N–H and O–H groups in total. The van der Waals surface area contributed by atoms with Crippen LogP contribution in [-0.2, 0) is 16.4 Å². The molecular weight excluding hydrogens is 214 g/mol. The van der Waals surface area contributed by atoms with E-state index in [-0.39, 0.29) is 5.78 Å². The van der Waals surface area contributed by atoms with Gasteiger partial charge in [-0.2, -0.15) is 0 Å². The third-order valence-electron chi connectivity index (χ3n) is 2.38. The first kappa shape index (κ1) is 10.3. The maximum atomic E-state index is 11.7. The molecule has 0 spiro atoms. The van der Waals surface area contributed by atoms with Crippen molar-refractivity contribution in [3.05, 3.63) is 35.4 Å². The molecule has 0 aromatic heterocycles. The summed E-state index contributed by atoms with van der Waals surface area (Å²) in [7, 11) is -3.33. The third kappa shape index (κ3) is 2.08. The van der Waals surface area contributed by atoms with E-state index in [1.807, 2.05) is 12.1 Å². The van der Waals surface area contributed by atoms with Crippen molar-refractivity contribution in [2.45, 2.75) is 12.5 Å². The van der Waals surface area contributed by atoms with Crippen LogP contribution in [0, 0.1) is 0 Å². The van der Waals surface area contributed by atoms with Crippen LogP contribution < -0.4 is 4.72 Å². The zero-order chi connectivity index (χ0) is 11.1. The molecule has 0 saturated carbocycles. The standard InChI is InChI=1S/C10H11NO3S/c1-15(13,14)11-9-6-7-4-2-3-5-8(7)10(9)12/h2-5,9,11H,6H2,1H3. The fraction of sp³-hybridized carbons (Fsp3) is 0.300. The number of Topliss-reactive ketones (excluding diaryl/α,β-unsaturated/α-hetero) is 1. The van der Waals surface area contributed by atoms with Gasteiger partial charge in [0.1, 0.15) is 0 Å². The minimum absolute atomic E-state index is 0.143. The van der Waals surface area contributed by atoms with Gasteiger partial charge in [-0.15, -0.1) is 0 Å². The molecule has 1 aromatic carbocycles. The van der Waals surface area contributed by atoms with Crippen LogP contribution in [0.5, 0.6) is 0 Å². The molecule has 0 aliphatic heterocycles. The lowest BCUT2D eigenvalue weighted by atomic mass is 10.1. The van der Waals surface area contributed by atoms with Crippen LogP contribution in [-0.4, -0.2) is 26.5 Å². The highest BCUT2D eigenvalue weighted by molar-refractivity contribution is 7.88. The molecule has 0 bridgehead atoms. The zero-order valence-corrected chi connectivity index (χ0v) is 9.04. The summed E-state index contributed by atoms with van der Waals surface area (Å²) in [5.74, 6) is -0.143. The van der Waals surface area contributed by atoms with Crippen molar-refractivity contribution >= 4 is 15.8 Å². The normalized spacial score (nSPS) is 20.3. The lowest BCUT2D eigenvalue weighted by Crippen LogP contribution is -2.38. The summed E-state index contributed by atoms with van der Waals surface area (Å²) in [6.45, 7) is 0. The highest BCUT2D eigenvalue weighted by Crippen LogP contribution is 2.21. The summed E-state index contributed by atoms with van der Waals surface area (Å²) < 4.78 is 24.4. The summed E-state index contributed by atoms with van der Waals surface area (Å²) in [5, 5.41) is 0. The Kier molecular flexibility index (Phi) is 2.36. The highest BCUT2D eigenvalue weighted by Gasteiger charge is 2.31. The molecular formula is C10H11NO3S. The molecule has 4 nitrogen and oxygen atoms in total. The van der Waals surface area contributed by atoms with E-state index in [1.54, 1.807) is 12.1 Å². The predicted octanol–water partition coefficient (Wildman–Crippen LogP) is 0.343. The lowest BCUT2D eigenvalue weighted by Gasteiger charge is -2.07. The second kappa shape index (κ2) is 3.43. The summed E-state index contributed by atoms with van der Waals surface area (Å²) in [6, 6.07) is 6.56. The van der Waals surface area contributed by atoms with Crippen LogP contribution >= 0.6 is 0 Å². The van der Waals surface area contributed by atoms with E-state index >= 15 is 0 Å². The predicted molar refractivity (Wildman–Crippen MR) is 56.2 cm³/mol. The molecule has 1 aliphatic rings. The summed E-state index contributed by atoms with van der Waals surface area (Å²) in [6.07, 6.45) is 1.51. The maximum absolute atomic E-state index is 11.7. The fourth-order valence-corrected chi connectivity index (χ4v) is 2.50. The van der Waals surface area contributed by atoms with Crippen LogP contribution in [0.3, 0.4) is 0 Å². The zero-order valence-electron chi connectivity index (χ0n) is 8.23. The second-order valence-corrected chi connectivity index (χ2v) is 5.45. The maximum Gasteiger partial charge on any atom is 0.209 e. The van der Waals surface area contributed by atoms with E-state index in [1.165, 1.54) is 0 Å². The molecule has 0 radical (unpaired) electrons. The Morgan fingerprint density at radius 2 is 2.00 bits per heavy atom. The second-order valence-electron chi connectivity index (χ2n) is 3.67. The van der Waals surface area contributed by atoms with Gasteiger partial charge in [0.25, 0.3) is 0 Å². The minimum atomic E-state index is -3.33. The molecule has 80 valence electrons. The van der Waals surface area contributed by atoms with Crippen molar-refractivity contribution in [3.63, 3.8) is 0 Å². The lowest BCUT2D eigenvalue weighted by molar-refractivity contribution is 0.0968. The van der Waals surface area contributed by atoms with E-state index in [0.717, 1.165) is 11.8 Å². The van der Waals surface area contributed by atoms with Crippen molar-refractivity contribution in [1.29, 1.82) is 0 Å². The van der Waals surface area contributed by atoms with Crippen LogP contribution in [0.15, 0.2) is 24.3 Å². The van der Waals surface area contributed by atoms with Crippen LogP contribution in [0.1, 0.15) is 15.9 Å². The molecule has 0 heterocycles. The van der Waals surface area contributed by atoms with Crippen molar-refractivity contribution in [1.82, 2.24) is 4.72 Å². The van der Waals surface area contributed by atoms with Gasteiger partial charge in [-0.05, 0) is 12.0 Å². The first-order valence-electron chi connectivity index (χ1n) is 4.57. The van der Waals surface area contributed by atoms with Crippen molar-refractivity contribution in [2.75, 3.05) is 6.26 Å². The quantitative estimate of drug-likeness (QED) is 0.789. The monoisotopic (exact) mass is 225 g/mol. The smallest absolute Gasteiger partial charge is 0.209 e. The number of sulfonamides is 1. The molecule has 0 fully saturated rings. The van der Waals surface area contributed by atoms with Crippen molar-refractivity contribution in [3.8, 4) is 0 Å². The topological polar surface area (TPSA) is 63.2 Å². The largest absolute Gasteiger partial charge is 0.292 e. The summed E-state index contributed by atoms with van der Waals surface area (Å²) in [4.78, 5) is 11.7. The third-order valence-corrected chi connectivity index (χ3v) is 3.09. The first-order valence-corrected chi connectivity index (χ1v) is 6.46. The number of carbonyl (C=O) groups excluding carboxylic acids is 1. The minimum Gasteiger partial charge on any atom is -0.292 e. The molecule has 1 unspecified atom stereocenters. The Balaban J connectivity index is 2.28. The summed E-state index contributed by atoms with van der Waals surface area (Å²) >= 11 is 0. The fourth-order valence-electron chi connectivity index (χ4n) is 1.79. The number of ketones is 1. The Bertz CT molecular complexity index is 507. The number of benzene rings is 1. The van der Waals surface area contributed by atoms with E-state index in [0.29, 0.717) is 12.0 Å². The SMILES string of the molecule is CS(=O)(=O)NC1Cc2ccccc2C1=O. The van der Waals surface area contributed by atoms with Gasteiger partial charge in [-0.1, -0.05) is 24.3 Å². The van der Waals surface area contributed by atoms with E-state index in [2.05, 4.69) is 4.72 Å². The van der Waals surface area contributed by atoms with Gasteiger partial charge >= 0.3 is 0 Å². The molecule has 0 amide bonds. The van der Waals surface area contributed by atoms with Crippen LogP contribution in [0.4, 0.5) is 0 Å². The number of fused-ring (bicyclic) bond motifs is 1. The summed E-state index contributed by atoms with van der Waals surface area (Å²) in [5.41, 5.74) is 1.53. The van der Waals surface area contributed by atoms with E-state index in [4.69, 9.17) is 0 Å². The van der Waals surface area contributed by atoms with Gasteiger partial charge in [-0.25, -0.2) is 13.1 Å². The Morgan fingerprint density at radius 1 is 1.33 bits per heavy atom. The Morgan fingerprint density at radius 3 is 2.60 bits per heavy atom. The van der Waals surface area contributed by atoms with Gasteiger partial charge in [0.05, 0.1) is 12.3 Å². The number of rotatable bonds is 2. The molecule has 1 aromatic rings. The Labute approximate surface area is 88.4 Å². The first-order chi connectivity index (χ1) is 6.97. The molecule has 1 aliphatic carbocycles. The van der Waals surface area contributed by atoms with Gasteiger partial charge in [0.2, 0.25) is 10.0 Å². The van der Waals surface area contributed by atoms with Crippen molar-refractivity contribution < 1.29 is 13.2 Å².